The Bertz CT molecular complexity index is 969. The summed E-state index contributed by atoms with van der Waals surface area (Å²) in [5.41, 5.74) is -1.65. The summed E-state index contributed by atoms with van der Waals surface area (Å²) in [6.45, 7) is 12.8. The van der Waals surface area contributed by atoms with Gasteiger partial charge in [-0.1, -0.05) is 0 Å². The van der Waals surface area contributed by atoms with E-state index >= 15 is 0 Å². The third-order valence-electron chi connectivity index (χ3n) is 5.99. The van der Waals surface area contributed by atoms with E-state index in [1.807, 2.05) is 4.90 Å². The van der Waals surface area contributed by atoms with E-state index in [0.29, 0.717) is 18.8 Å². The van der Waals surface area contributed by atoms with Gasteiger partial charge in [0, 0.05) is 25.8 Å². The minimum atomic E-state index is -3.56. The molecule has 2 rings (SSSR count). The normalized spacial score (nSPS) is 22.6. The Balaban J connectivity index is 2.19. The average molecular weight is 559 g/mol. The number of carbonyl (C=O) groups is 3. The molecule has 216 valence electrons. The molecule has 1 N–H and O–H groups in total. The summed E-state index contributed by atoms with van der Waals surface area (Å²) in [6, 6.07) is 3.57. The van der Waals surface area contributed by atoms with Crippen LogP contribution in [-0.4, -0.2) is 81.8 Å². The van der Waals surface area contributed by atoms with Crippen LogP contribution in [0.4, 0.5) is 9.59 Å². The number of unbranched alkanes of at least 4 members (excludes halogenated alkanes) is 1. The highest BCUT2D eigenvalue weighted by molar-refractivity contribution is 7.62. The summed E-state index contributed by atoms with van der Waals surface area (Å²) in [5, 5.41) is 8.75. The van der Waals surface area contributed by atoms with Crippen molar-refractivity contribution < 1.29 is 42.5 Å². The van der Waals surface area contributed by atoms with E-state index in [1.54, 1.807) is 66.9 Å². The number of amides is 2. The maximum atomic E-state index is 13.9. The van der Waals surface area contributed by atoms with Gasteiger partial charge in [0.05, 0.1) is 19.4 Å². The second kappa shape index (κ2) is 12.7. The number of hydrogen-bond acceptors (Lipinski definition) is 9. The van der Waals surface area contributed by atoms with Crippen molar-refractivity contribution in [2.75, 3.05) is 32.4 Å². The first kappa shape index (κ1) is 31.9. The van der Waals surface area contributed by atoms with Crippen molar-refractivity contribution in [1.82, 2.24) is 9.80 Å². The van der Waals surface area contributed by atoms with Crippen molar-refractivity contribution >= 4 is 25.5 Å². The van der Waals surface area contributed by atoms with Crippen LogP contribution in [0.5, 0.6) is 0 Å². The van der Waals surface area contributed by atoms with E-state index < -0.39 is 41.9 Å². The van der Waals surface area contributed by atoms with Crippen LogP contribution >= 0.6 is 7.37 Å². The van der Waals surface area contributed by atoms with Gasteiger partial charge in [-0.25, -0.2) is 14.5 Å². The third kappa shape index (κ3) is 8.58. The number of imide groups is 1. The SMILES string of the molecule is CCOP1(=O)CCN(Cc2ccco2)CC1(CCCCN(C(=O)OC(C)(C)C)C(=O)OC(C)(C)C)C(=O)O. The minimum absolute atomic E-state index is 0.0299. The molecule has 12 heteroatoms. The van der Waals surface area contributed by atoms with Crippen LogP contribution in [0.15, 0.2) is 22.8 Å². The van der Waals surface area contributed by atoms with Crippen molar-refractivity contribution in [2.45, 2.75) is 90.6 Å². The molecule has 0 radical (unpaired) electrons. The number of carbonyl (C=O) groups excluding carboxylic acids is 2. The zero-order valence-corrected chi connectivity index (χ0v) is 24.5. The van der Waals surface area contributed by atoms with Crippen LogP contribution in [0, 0.1) is 0 Å². The Kier molecular flexibility index (Phi) is 10.6. The molecule has 1 aliphatic rings. The third-order valence-corrected chi connectivity index (χ3v) is 9.32. The number of rotatable bonds is 10. The molecule has 0 aliphatic carbocycles. The van der Waals surface area contributed by atoms with E-state index in [2.05, 4.69) is 0 Å². The zero-order valence-electron chi connectivity index (χ0n) is 23.7. The van der Waals surface area contributed by atoms with Gasteiger partial charge in [-0.2, -0.15) is 0 Å². The summed E-state index contributed by atoms with van der Waals surface area (Å²) in [4.78, 5) is 41.0. The number of nitrogens with zero attached hydrogens (tertiary/aromatic N) is 2. The molecule has 0 saturated carbocycles. The summed E-state index contributed by atoms with van der Waals surface area (Å²) >= 11 is 0. The molecular weight excluding hydrogens is 515 g/mol. The molecule has 38 heavy (non-hydrogen) atoms. The van der Waals surface area contributed by atoms with Crippen molar-refractivity contribution in [2.24, 2.45) is 0 Å². The highest BCUT2D eigenvalue weighted by Gasteiger charge is 2.58. The topological polar surface area (TPSA) is 136 Å². The fourth-order valence-electron chi connectivity index (χ4n) is 4.35. The first-order chi connectivity index (χ1) is 17.5. The summed E-state index contributed by atoms with van der Waals surface area (Å²) in [6.07, 6.45) is 0.554. The molecule has 0 spiro atoms. The van der Waals surface area contributed by atoms with E-state index in [0.717, 1.165) is 4.90 Å². The Morgan fingerprint density at radius 1 is 1.11 bits per heavy atom. The number of ether oxygens (including phenoxy) is 2. The molecule has 11 nitrogen and oxygen atoms in total. The predicted octanol–water partition coefficient (Wildman–Crippen LogP) is 5.58. The molecule has 0 bridgehead atoms. The van der Waals surface area contributed by atoms with Crippen molar-refractivity contribution in [1.29, 1.82) is 0 Å². The van der Waals surface area contributed by atoms with Gasteiger partial charge in [0.15, 0.2) is 5.16 Å². The van der Waals surface area contributed by atoms with Crippen LogP contribution < -0.4 is 0 Å². The van der Waals surface area contributed by atoms with E-state index in [1.165, 1.54) is 0 Å². The van der Waals surface area contributed by atoms with Crippen molar-refractivity contribution in [3.8, 4) is 0 Å². The van der Waals surface area contributed by atoms with E-state index in [4.69, 9.17) is 18.4 Å². The Morgan fingerprint density at radius 2 is 1.71 bits per heavy atom. The molecule has 2 amide bonds. The second-order valence-electron chi connectivity index (χ2n) is 11.5. The van der Waals surface area contributed by atoms with Crippen molar-refractivity contribution in [3.05, 3.63) is 24.2 Å². The van der Waals surface area contributed by atoms with Gasteiger partial charge >= 0.3 is 18.2 Å². The van der Waals surface area contributed by atoms with Gasteiger partial charge in [0.2, 0.25) is 7.37 Å². The predicted molar refractivity (Wildman–Crippen MR) is 141 cm³/mol. The number of furan rings is 1. The fourth-order valence-corrected chi connectivity index (χ4v) is 7.32. The molecule has 2 atom stereocenters. The number of carboxylic acids is 1. The van der Waals surface area contributed by atoms with Crippen LogP contribution in [0.2, 0.25) is 0 Å². The molecule has 1 aliphatic heterocycles. The van der Waals surface area contributed by atoms with Crippen LogP contribution in [0.1, 0.15) is 73.5 Å². The molecule has 1 aromatic heterocycles. The highest BCUT2D eigenvalue weighted by Crippen LogP contribution is 2.63. The van der Waals surface area contributed by atoms with Gasteiger partial charge < -0.3 is 23.5 Å². The lowest BCUT2D eigenvalue weighted by molar-refractivity contribution is -0.141. The summed E-state index contributed by atoms with van der Waals surface area (Å²) in [7, 11) is -3.56. The first-order valence-electron chi connectivity index (χ1n) is 13.0. The maximum absolute atomic E-state index is 13.9. The van der Waals surface area contributed by atoms with Gasteiger partial charge in [-0.05, 0) is 79.9 Å². The van der Waals surface area contributed by atoms with Crippen LogP contribution in [0.3, 0.4) is 0 Å². The zero-order chi connectivity index (χ0) is 28.8. The quantitative estimate of drug-likeness (QED) is 0.286. The summed E-state index contributed by atoms with van der Waals surface area (Å²) in [5.74, 6) is -0.502. The molecule has 0 aromatic carbocycles. The van der Waals surface area contributed by atoms with E-state index in [9.17, 15) is 24.1 Å². The van der Waals surface area contributed by atoms with E-state index in [-0.39, 0.29) is 45.1 Å². The lowest BCUT2D eigenvalue weighted by Crippen LogP contribution is -2.54. The minimum Gasteiger partial charge on any atom is -0.480 e. The number of carboxylic acid groups (broad SMARTS) is 1. The largest absolute Gasteiger partial charge is 0.480 e. The van der Waals surface area contributed by atoms with Gasteiger partial charge in [-0.15, -0.1) is 0 Å². The maximum Gasteiger partial charge on any atom is 0.419 e. The average Bonchev–Trinajstić information content (AvgIpc) is 3.26. The van der Waals surface area contributed by atoms with Gasteiger partial charge in [-0.3, -0.25) is 14.3 Å². The second-order valence-corrected chi connectivity index (χ2v) is 14.4. The number of hydrogen-bond donors (Lipinski definition) is 1. The van der Waals surface area contributed by atoms with Gasteiger partial charge in [0.1, 0.15) is 17.0 Å². The Labute approximate surface area is 225 Å². The molecule has 1 fully saturated rings. The Hall–Kier alpha value is -2.36. The fraction of sp³-hybridized carbons (Fsp3) is 0.731. The first-order valence-corrected chi connectivity index (χ1v) is 14.8. The molecular formula is C26H43N2O9P. The smallest absolute Gasteiger partial charge is 0.419 e. The molecule has 2 heterocycles. The molecule has 1 saturated heterocycles. The monoisotopic (exact) mass is 558 g/mol. The number of aliphatic carboxylic acids is 1. The standard InChI is InChI=1S/C26H43N2O9P/c1-8-35-38(33)17-15-27(18-20-12-11-16-34-20)19-26(38,21(29)30)13-9-10-14-28(22(31)36-24(2,3)4)23(32)37-25(5,6)7/h11-12,16H,8-10,13-15,17-19H2,1-7H3,(H,29,30). The van der Waals surface area contributed by atoms with Crippen LogP contribution in [0.25, 0.3) is 0 Å². The lowest BCUT2D eigenvalue weighted by Gasteiger charge is -2.44. The Morgan fingerprint density at radius 3 is 2.18 bits per heavy atom. The summed E-state index contributed by atoms with van der Waals surface area (Å²) < 4.78 is 35.8. The van der Waals surface area contributed by atoms with Gasteiger partial charge in [0.25, 0.3) is 0 Å². The lowest BCUT2D eigenvalue weighted by atomic mass is 9.99. The molecule has 1 aromatic rings. The van der Waals surface area contributed by atoms with Crippen LogP contribution in [-0.2, 0) is 29.9 Å². The van der Waals surface area contributed by atoms with Crippen molar-refractivity contribution in [3.63, 3.8) is 0 Å². The highest BCUT2D eigenvalue weighted by atomic mass is 31.2. The molecule has 2 unspecified atom stereocenters.